The monoisotopic (exact) mass is 284 g/mol. The molecular formula is C16H20N4O. The average Bonchev–Trinajstić information content (AvgIpc) is 3.07. The zero-order valence-electron chi connectivity index (χ0n) is 12.2. The fourth-order valence-electron chi connectivity index (χ4n) is 1.90. The van der Waals surface area contributed by atoms with Crippen LogP contribution in [-0.4, -0.2) is 19.5 Å². The minimum Gasteiger partial charge on any atom is -0.345 e. The summed E-state index contributed by atoms with van der Waals surface area (Å²) in [6.07, 6.45) is 6.48. The van der Waals surface area contributed by atoms with E-state index in [1.54, 1.807) is 23.4 Å². The van der Waals surface area contributed by atoms with Crippen molar-refractivity contribution in [3.05, 3.63) is 71.3 Å². The standard InChI is InChI=1S/C14H12N4O.C2H6.H2/c19-14-5-6-15-10-18(14)8-11-1-3-12(4-2-11)13-7-16-9-17-13;1-2;/h1-7,9-10H,8H2,(H,16,17);1-2H3;1H. The highest BCUT2D eigenvalue weighted by Gasteiger charge is 2.00. The molecule has 0 saturated heterocycles. The summed E-state index contributed by atoms with van der Waals surface area (Å²) < 4.78 is 1.57. The maximum Gasteiger partial charge on any atom is 0.253 e. The minimum absolute atomic E-state index is 0. The number of hydrogen-bond acceptors (Lipinski definition) is 3. The highest BCUT2D eigenvalue weighted by Crippen LogP contribution is 2.16. The first kappa shape index (κ1) is 14.7. The van der Waals surface area contributed by atoms with Crippen LogP contribution in [0.1, 0.15) is 20.8 Å². The van der Waals surface area contributed by atoms with E-state index in [1.165, 1.54) is 12.3 Å². The van der Waals surface area contributed by atoms with Gasteiger partial charge >= 0.3 is 0 Å². The maximum absolute atomic E-state index is 11.6. The number of nitrogens with one attached hydrogen (secondary N) is 1. The van der Waals surface area contributed by atoms with E-state index in [0.717, 1.165) is 16.8 Å². The molecule has 0 bridgehead atoms. The van der Waals surface area contributed by atoms with Crippen molar-refractivity contribution < 1.29 is 1.43 Å². The molecule has 5 heteroatoms. The molecule has 0 atom stereocenters. The van der Waals surface area contributed by atoms with Crippen LogP contribution >= 0.6 is 0 Å². The Morgan fingerprint density at radius 3 is 2.52 bits per heavy atom. The predicted molar refractivity (Wildman–Crippen MR) is 85.1 cm³/mol. The lowest BCUT2D eigenvalue weighted by Crippen LogP contribution is -2.19. The molecule has 0 saturated carbocycles. The maximum atomic E-state index is 11.6. The Balaban J connectivity index is 0.000000775. The third kappa shape index (κ3) is 3.66. The lowest BCUT2D eigenvalue weighted by Gasteiger charge is -2.05. The number of nitrogens with zero attached hydrogens (tertiary/aromatic N) is 3. The van der Waals surface area contributed by atoms with Crippen molar-refractivity contribution in [2.45, 2.75) is 20.4 Å². The molecule has 2 heterocycles. The number of H-pyrrole nitrogens is 1. The molecule has 0 aliphatic rings. The molecule has 110 valence electrons. The van der Waals surface area contributed by atoms with Crippen molar-refractivity contribution in [1.29, 1.82) is 0 Å². The van der Waals surface area contributed by atoms with E-state index in [0.29, 0.717) is 6.54 Å². The zero-order valence-corrected chi connectivity index (χ0v) is 12.2. The first-order valence-corrected chi connectivity index (χ1v) is 6.91. The lowest BCUT2D eigenvalue weighted by molar-refractivity contribution is 0.736. The van der Waals surface area contributed by atoms with Crippen LogP contribution < -0.4 is 5.56 Å². The molecule has 0 radical (unpaired) electrons. The Bertz CT molecular complexity index is 720. The number of rotatable bonds is 3. The number of benzene rings is 1. The molecule has 3 rings (SSSR count). The molecule has 0 fully saturated rings. The second-order valence-corrected chi connectivity index (χ2v) is 4.21. The van der Waals surface area contributed by atoms with Gasteiger partial charge in [0.2, 0.25) is 0 Å². The fraction of sp³-hybridized carbons (Fsp3) is 0.188. The van der Waals surface area contributed by atoms with Gasteiger partial charge in [-0.2, -0.15) is 0 Å². The first-order valence-electron chi connectivity index (χ1n) is 6.91. The van der Waals surface area contributed by atoms with E-state index in [9.17, 15) is 4.79 Å². The number of hydrogen-bond donors (Lipinski definition) is 1. The molecular weight excluding hydrogens is 264 g/mol. The quantitative estimate of drug-likeness (QED) is 0.804. The van der Waals surface area contributed by atoms with Gasteiger partial charge in [-0.05, 0) is 11.1 Å². The van der Waals surface area contributed by atoms with Crippen molar-refractivity contribution >= 4 is 0 Å². The largest absolute Gasteiger partial charge is 0.345 e. The van der Waals surface area contributed by atoms with Gasteiger partial charge in [0, 0.05) is 13.7 Å². The summed E-state index contributed by atoms with van der Waals surface area (Å²) in [5.41, 5.74) is 3.05. The topological polar surface area (TPSA) is 63.6 Å². The smallest absolute Gasteiger partial charge is 0.253 e. The highest BCUT2D eigenvalue weighted by molar-refractivity contribution is 5.58. The van der Waals surface area contributed by atoms with Crippen LogP contribution in [0.5, 0.6) is 0 Å². The van der Waals surface area contributed by atoms with Gasteiger partial charge in [0.05, 0.1) is 31.1 Å². The van der Waals surface area contributed by atoms with Gasteiger partial charge in [-0.25, -0.2) is 9.97 Å². The van der Waals surface area contributed by atoms with Crippen molar-refractivity contribution in [2.24, 2.45) is 0 Å². The molecule has 0 aliphatic carbocycles. The SMILES string of the molecule is CC.O=c1ccncn1Cc1ccc(-c2cnc[nH]2)cc1.[HH]. The van der Waals surface area contributed by atoms with Gasteiger partial charge < -0.3 is 4.98 Å². The second-order valence-electron chi connectivity index (χ2n) is 4.21. The summed E-state index contributed by atoms with van der Waals surface area (Å²) in [6, 6.07) is 9.46. The Kier molecular flexibility index (Phi) is 5.04. The molecule has 21 heavy (non-hydrogen) atoms. The van der Waals surface area contributed by atoms with E-state index in [4.69, 9.17) is 0 Å². The Morgan fingerprint density at radius 2 is 1.90 bits per heavy atom. The summed E-state index contributed by atoms with van der Waals surface area (Å²) in [5.74, 6) is 0. The molecule has 0 unspecified atom stereocenters. The van der Waals surface area contributed by atoms with Crippen LogP contribution in [0, 0.1) is 0 Å². The van der Waals surface area contributed by atoms with Crippen LogP contribution in [0.15, 0.2) is 60.2 Å². The van der Waals surface area contributed by atoms with Crippen LogP contribution in [0.3, 0.4) is 0 Å². The summed E-state index contributed by atoms with van der Waals surface area (Å²) >= 11 is 0. The minimum atomic E-state index is -0.0485. The molecule has 0 amide bonds. The van der Waals surface area contributed by atoms with Crippen LogP contribution in [-0.2, 0) is 6.54 Å². The van der Waals surface area contributed by atoms with E-state index in [2.05, 4.69) is 15.0 Å². The molecule has 1 aromatic carbocycles. The summed E-state index contributed by atoms with van der Waals surface area (Å²) in [6.45, 7) is 4.52. The van der Waals surface area contributed by atoms with Crippen LogP contribution in [0.2, 0.25) is 0 Å². The van der Waals surface area contributed by atoms with E-state index in [1.807, 2.05) is 38.1 Å². The third-order valence-corrected chi connectivity index (χ3v) is 2.91. The molecule has 0 aliphatic heterocycles. The Morgan fingerprint density at radius 1 is 1.14 bits per heavy atom. The van der Waals surface area contributed by atoms with Gasteiger partial charge in [0.25, 0.3) is 5.56 Å². The van der Waals surface area contributed by atoms with E-state index < -0.39 is 0 Å². The van der Waals surface area contributed by atoms with Crippen molar-refractivity contribution in [3.63, 3.8) is 0 Å². The summed E-state index contributed by atoms with van der Waals surface area (Å²) in [7, 11) is 0. The first-order chi connectivity index (χ1) is 10.3. The molecule has 2 aromatic heterocycles. The number of aromatic nitrogens is 4. The normalized spacial score (nSPS) is 9.81. The number of imidazole rings is 1. The summed E-state index contributed by atoms with van der Waals surface area (Å²) in [4.78, 5) is 22.6. The average molecular weight is 284 g/mol. The van der Waals surface area contributed by atoms with Crippen LogP contribution in [0.25, 0.3) is 11.3 Å². The molecule has 0 spiro atoms. The van der Waals surface area contributed by atoms with E-state index >= 15 is 0 Å². The lowest BCUT2D eigenvalue weighted by atomic mass is 10.1. The Labute approximate surface area is 124 Å². The predicted octanol–water partition coefficient (Wildman–Crippen LogP) is 2.95. The molecule has 3 aromatic rings. The molecule has 1 N–H and O–H groups in total. The van der Waals surface area contributed by atoms with E-state index in [-0.39, 0.29) is 6.99 Å². The van der Waals surface area contributed by atoms with Gasteiger partial charge in [-0.3, -0.25) is 9.36 Å². The van der Waals surface area contributed by atoms with Crippen molar-refractivity contribution in [3.8, 4) is 11.3 Å². The van der Waals surface area contributed by atoms with Crippen LogP contribution in [0.4, 0.5) is 0 Å². The number of aromatic amines is 1. The third-order valence-electron chi connectivity index (χ3n) is 2.91. The summed E-state index contributed by atoms with van der Waals surface area (Å²) in [5, 5.41) is 0. The molecule has 5 nitrogen and oxygen atoms in total. The van der Waals surface area contributed by atoms with Gasteiger partial charge in [0.1, 0.15) is 0 Å². The fourth-order valence-corrected chi connectivity index (χ4v) is 1.90. The second kappa shape index (κ2) is 7.19. The van der Waals surface area contributed by atoms with Crippen molar-refractivity contribution in [1.82, 2.24) is 19.5 Å². The Hall–Kier alpha value is -2.69. The van der Waals surface area contributed by atoms with Gasteiger partial charge in [0.15, 0.2) is 0 Å². The zero-order chi connectivity index (χ0) is 15.1. The van der Waals surface area contributed by atoms with Gasteiger partial charge in [-0.1, -0.05) is 38.1 Å². The van der Waals surface area contributed by atoms with Crippen molar-refractivity contribution in [2.75, 3.05) is 0 Å². The highest BCUT2D eigenvalue weighted by atomic mass is 16.1. The van der Waals surface area contributed by atoms with Gasteiger partial charge in [-0.15, -0.1) is 0 Å².